The molecule has 1 nitrogen and oxygen atoms in total. The lowest BCUT2D eigenvalue weighted by molar-refractivity contribution is 0.807. The number of hydrogen-bond donors (Lipinski definition) is 1. The average molecular weight is 163 g/mol. The van der Waals surface area contributed by atoms with Gasteiger partial charge < -0.3 is 5.73 Å². The largest absolute Gasteiger partial charge is 0.324 e. The molecule has 0 aliphatic rings. The number of rotatable bonds is 1. The van der Waals surface area contributed by atoms with Crippen molar-refractivity contribution in [2.24, 2.45) is 5.73 Å². The van der Waals surface area contributed by atoms with Crippen LogP contribution in [0.3, 0.4) is 0 Å². The SMILES string of the molecule is Cc1cc(C)c([C@@H](C)N)cc1C. The molecule has 12 heavy (non-hydrogen) atoms. The van der Waals surface area contributed by atoms with Crippen LogP contribution in [0.2, 0.25) is 0 Å². The lowest BCUT2D eigenvalue weighted by Gasteiger charge is -2.12. The fourth-order valence-corrected chi connectivity index (χ4v) is 1.47. The Kier molecular flexibility index (Phi) is 2.53. The first-order valence-electron chi connectivity index (χ1n) is 4.35. The zero-order valence-electron chi connectivity index (χ0n) is 8.31. The van der Waals surface area contributed by atoms with Gasteiger partial charge in [-0.15, -0.1) is 0 Å². The van der Waals surface area contributed by atoms with E-state index in [1.165, 1.54) is 22.3 Å². The van der Waals surface area contributed by atoms with Crippen molar-refractivity contribution in [1.82, 2.24) is 0 Å². The van der Waals surface area contributed by atoms with Gasteiger partial charge >= 0.3 is 0 Å². The zero-order valence-corrected chi connectivity index (χ0v) is 8.31. The summed E-state index contributed by atoms with van der Waals surface area (Å²) in [5, 5.41) is 0. The van der Waals surface area contributed by atoms with Gasteiger partial charge in [0.05, 0.1) is 0 Å². The highest BCUT2D eigenvalue weighted by atomic mass is 14.6. The normalized spacial score (nSPS) is 13.1. The van der Waals surface area contributed by atoms with Gasteiger partial charge in [-0.1, -0.05) is 12.1 Å². The standard InChI is InChI=1S/C11H17N/c1-7-5-9(3)11(10(4)12)6-8(7)2/h5-6,10H,12H2,1-4H3/t10-/m1/s1. The van der Waals surface area contributed by atoms with E-state index in [-0.39, 0.29) is 6.04 Å². The molecule has 0 unspecified atom stereocenters. The topological polar surface area (TPSA) is 26.0 Å². The summed E-state index contributed by atoms with van der Waals surface area (Å²) in [7, 11) is 0. The smallest absolute Gasteiger partial charge is 0.0268 e. The van der Waals surface area contributed by atoms with E-state index in [1.54, 1.807) is 0 Å². The predicted molar refractivity (Wildman–Crippen MR) is 53.3 cm³/mol. The fraction of sp³-hybridized carbons (Fsp3) is 0.455. The molecule has 0 spiro atoms. The molecule has 0 amide bonds. The van der Waals surface area contributed by atoms with Gasteiger partial charge in [-0.25, -0.2) is 0 Å². The van der Waals surface area contributed by atoms with Crippen molar-refractivity contribution in [2.75, 3.05) is 0 Å². The third-order valence-electron chi connectivity index (χ3n) is 2.37. The third-order valence-corrected chi connectivity index (χ3v) is 2.37. The van der Waals surface area contributed by atoms with Crippen LogP contribution in [0.4, 0.5) is 0 Å². The van der Waals surface area contributed by atoms with Crippen molar-refractivity contribution in [3.05, 3.63) is 34.4 Å². The van der Waals surface area contributed by atoms with E-state index >= 15 is 0 Å². The van der Waals surface area contributed by atoms with Gasteiger partial charge in [0.2, 0.25) is 0 Å². The molecular weight excluding hydrogens is 146 g/mol. The highest BCUT2D eigenvalue weighted by Gasteiger charge is 2.04. The van der Waals surface area contributed by atoms with Gasteiger partial charge in [0, 0.05) is 6.04 Å². The molecule has 1 atom stereocenters. The summed E-state index contributed by atoms with van der Waals surface area (Å²) >= 11 is 0. The molecular formula is C11H17N. The fourth-order valence-electron chi connectivity index (χ4n) is 1.47. The van der Waals surface area contributed by atoms with Gasteiger partial charge in [-0.05, 0) is 49.9 Å². The molecule has 1 aromatic carbocycles. The van der Waals surface area contributed by atoms with Crippen LogP contribution in [0.5, 0.6) is 0 Å². The molecule has 2 N–H and O–H groups in total. The molecule has 0 saturated carbocycles. The first-order valence-corrected chi connectivity index (χ1v) is 4.35. The van der Waals surface area contributed by atoms with E-state index in [1.807, 2.05) is 6.92 Å². The van der Waals surface area contributed by atoms with Crippen LogP contribution < -0.4 is 5.73 Å². The van der Waals surface area contributed by atoms with Crippen molar-refractivity contribution in [3.63, 3.8) is 0 Å². The molecule has 66 valence electrons. The minimum Gasteiger partial charge on any atom is -0.324 e. The highest BCUT2D eigenvalue weighted by Crippen LogP contribution is 2.19. The lowest BCUT2D eigenvalue weighted by Crippen LogP contribution is -2.07. The van der Waals surface area contributed by atoms with Gasteiger partial charge in [0.15, 0.2) is 0 Å². The molecule has 0 saturated heterocycles. The number of nitrogens with two attached hydrogens (primary N) is 1. The zero-order chi connectivity index (χ0) is 9.30. The van der Waals surface area contributed by atoms with Crippen molar-refractivity contribution >= 4 is 0 Å². The molecule has 1 rings (SSSR count). The van der Waals surface area contributed by atoms with Gasteiger partial charge in [0.25, 0.3) is 0 Å². The minimum absolute atomic E-state index is 0.143. The van der Waals surface area contributed by atoms with E-state index in [4.69, 9.17) is 5.73 Å². The summed E-state index contributed by atoms with van der Waals surface area (Å²) < 4.78 is 0. The summed E-state index contributed by atoms with van der Waals surface area (Å²) in [5.74, 6) is 0. The summed E-state index contributed by atoms with van der Waals surface area (Å²) in [6.07, 6.45) is 0. The van der Waals surface area contributed by atoms with Gasteiger partial charge in [-0.3, -0.25) is 0 Å². The van der Waals surface area contributed by atoms with Crippen LogP contribution >= 0.6 is 0 Å². The number of hydrogen-bond acceptors (Lipinski definition) is 1. The lowest BCUT2D eigenvalue weighted by atomic mass is 9.97. The van der Waals surface area contributed by atoms with E-state index in [9.17, 15) is 0 Å². The molecule has 0 bridgehead atoms. The van der Waals surface area contributed by atoms with Crippen molar-refractivity contribution in [3.8, 4) is 0 Å². The molecule has 0 fully saturated rings. The Hall–Kier alpha value is -0.820. The van der Waals surface area contributed by atoms with E-state index < -0.39 is 0 Å². The summed E-state index contributed by atoms with van der Waals surface area (Å²) in [6.45, 7) is 8.40. The highest BCUT2D eigenvalue weighted by molar-refractivity contribution is 5.37. The Bertz CT molecular complexity index is 287. The molecule has 0 aromatic heterocycles. The Morgan fingerprint density at radius 2 is 1.50 bits per heavy atom. The monoisotopic (exact) mass is 163 g/mol. The number of aryl methyl sites for hydroxylation is 3. The van der Waals surface area contributed by atoms with Crippen LogP contribution in [0, 0.1) is 20.8 Å². The number of benzene rings is 1. The van der Waals surface area contributed by atoms with E-state index in [2.05, 4.69) is 32.9 Å². The summed E-state index contributed by atoms with van der Waals surface area (Å²) in [4.78, 5) is 0. The second-order valence-corrected chi connectivity index (χ2v) is 3.58. The molecule has 0 radical (unpaired) electrons. The maximum absolute atomic E-state index is 5.83. The second kappa shape index (κ2) is 3.28. The van der Waals surface area contributed by atoms with E-state index in [0.29, 0.717) is 0 Å². The maximum Gasteiger partial charge on any atom is 0.0268 e. The maximum atomic E-state index is 5.83. The Balaban J connectivity index is 3.23. The molecule has 1 aromatic rings. The summed E-state index contributed by atoms with van der Waals surface area (Å²) in [5.41, 5.74) is 11.1. The molecule has 0 aliphatic heterocycles. The molecule has 0 aliphatic carbocycles. The van der Waals surface area contributed by atoms with Gasteiger partial charge in [-0.2, -0.15) is 0 Å². The van der Waals surface area contributed by atoms with Crippen LogP contribution in [0.15, 0.2) is 12.1 Å². The van der Waals surface area contributed by atoms with Crippen LogP contribution in [-0.4, -0.2) is 0 Å². The Labute approximate surface area is 74.6 Å². The Morgan fingerprint density at radius 3 is 2.00 bits per heavy atom. The third kappa shape index (κ3) is 1.67. The first-order chi connectivity index (χ1) is 5.52. The van der Waals surface area contributed by atoms with Crippen LogP contribution in [-0.2, 0) is 0 Å². The van der Waals surface area contributed by atoms with Gasteiger partial charge in [0.1, 0.15) is 0 Å². The second-order valence-electron chi connectivity index (χ2n) is 3.58. The summed E-state index contributed by atoms with van der Waals surface area (Å²) in [6, 6.07) is 4.54. The average Bonchev–Trinajstić information content (AvgIpc) is 1.96. The minimum atomic E-state index is 0.143. The molecule has 1 heteroatoms. The van der Waals surface area contributed by atoms with Crippen molar-refractivity contribution in [1.29, 1.82) is 0 Å². The van der Waals surface area contributed by atoms with Crippen LogP contribution in [0.1, 0.15) is 35.2 Å². The van der Waals surface area contributed by atoms with Crippen molar-refractivity contribution in [2.45, 2.75) is 33.7 Å². The van der Waals surface area contributed by atoms with Crippen molar-refractivity contribution < 1.29 is 0 Å². The van der Waals surface area contributed by atoms with Crippen LogP contribution in [0.25, 0.3) is 0 Å². The predicted octanol–water partition coefficient (Wildman–Crippen LogP) is 2.63. The quantitative estimate of drug-likeness (QED) is 0.676. The Morgan fingerprint density at radius 1 is 1.00 bits per heavy atom. The first kappa shape index (κ1) is 9.27. The van der Waals surface area contributed by atoms with E-state index in [0.717, 1.165) is 0 Å². The molecule has 0 heterocycles.